The first-order valence-corrected chi connectivity index (χ1v) is 9.86. The molecule has 3 rings (SSSR count). The van der Waals surface area contributed by atoms with Crippen LogP contribution in [0.2, 0.25) is 0 Å². The van der Waals surface area contributed by atoms with Gasteiger partial charge < -0.3 is 5.32 Å². The fourth-order valence-corrected chi connectivity index (χ4v) is 3.63. The molecule has 7 nitrogen and oxygen atoms in total. The molecule has 0 aliphatic rings. The highest BCUT2D eigenvalue weighted by atomic mass is 32.1. The minimum atomic E-state index is -0.481. The van der Waals surface area contributed by atoms with Crippen molar-refractivity contribution in [2.24, 2.45) is 0 Å². The van der Waals surface area contributed by atoms with Crippen LogP contribution in [0, 0.1) is 10.1 Å². The molecule has 0 saturated carbocycles. The number of hydrogen-bond acceptors (Lipinski definition) is 5. The maximum atomic E-state index is 12.6. The Morgan fingerprint density at radius 3 is 2.54 bits per heavy atom. The smallest absolute Gasteiger partial charge is 0.307 e. The first-order valence-electron chi connectivity index (χ1n) is 8.98. The van der Waals surface area contributed by atoms with Crippen LogP contribution < -0.4 is 5.32 Å². The van der Waals surface area contributed by atoms with E-state index in [-0.39, 0.29) is 17.6 Å². The molecule has 1 N–H and O–H groups in total. The highest BCUT2D eigenvalue weighted by Crippen LogP contribution is 2.21. The van der Waals surface area contributed by atoms with Gasteiger partial charge in [0, 0.05) is 0 Å². The molecule has 0 spiro atoms. The van der Waals surface area contributed by atoms with Crippen LogP contribution in [0.3, 0.4) is 0 Å². The largest absolute Gasteiger partial charge is 0.345 e. The van der Waals surface area contributed by atoms with Gasteiger partial charge in [-0.05, 0) is 41.0 Å². The number of aromatic nitrogens is 2. The van der Waals surface area contributed by atoms with Gasteiger partial charge in [-0.2, -0.15) is 5.10 Å². The predicted molar refractivity (Wildman–Crippen MR) is 109 cm³/mol. The topological polar surface area (TPSA) is 90.1 Å². The second kappa shape index (κ2) is 8.35. The summed E-state index contributed by atoms with van der Waals surface area (Å²) in [6.45, 7) is 6.63. The summed E-state index contributed by atoms with van der Waals surface area (Å²) in [6, 6.07) is 9.97. The number of benzene rings is 1. The minimum absolute atomic E-state index is 0.0505. The summed E-state index contributed by atoms with van der Waals surface area (Å²) in [7, 11) is 0. The highest BCUT2D eigenvalue weighted by molar-refractivity contribution is 7.12. The number of carbonyl (C=O) groups excluding carboxylic acids is 1. The van der Waals surface area contributed by atoms with E-state index in [1.807, 2.05) is 24.4 Å². The summed E-state index contributed by atoms with van der Waals surface area (Å²) in [6.07, 6.45) is 2.59. The maximum Gasteiger partial charge on any atom is 0.307 e. The number of carbonyl (C=O) groups is 1. The van der Waals surface area contributed by atoms with Gasteiger partial charge in [0.05, 0.1) is 22.4 Å². The zero-order valence-electron chi connectivity index (χ0n) is 16.0. The Hall–Kier alpha value is -3.00. The Kier molecular flexibility index (Phi) is 5.89. The number of amides is 1. The number of nitrogens with one attached hydrogen (secondary N) is 1. The van der Waals surface area contributed by atoms with Gasteiger partial charge in [-0.3, -0.25) is 19.6 Å². The molecule has 2 aromatic heterocycles. The monoisotopic (exact) mass is 398 g/mol. The quantitative estimate of drug-likeness (QED) is 0.468. The summed E-state index contributed by atoms with van der Waals surface area (Å²) < 4.78 is 1.49. The summed E-state index contributed by atoms with van der Waals surface area (Å²) in [5, 5.41) is 19.6. The van der Waals surface area contributed by atoms with E-state index in [0.29, 0.717) is 17.3 Å². The molecule has 1 amide bonds. The Labute approximate surface area is 167 Å². The van der Waals surface area contributed by atoms with Gasteiger partial charge in [0.15, 0.2) is 0 Å². The van der Waals surface area contributed by atoms with Crippen LogP contribution in [0.25, 0.3) is 0 Å². The molecule has 0 saturated heterocycles. The SMILES string of the molecule is CC(C)c1ccc(C(C)NC(=O)c2cc(Cn3cc([N+](=O)[O-])cn3)cs2)cc1. The van der Waals surface area contributed by atoms with Crippen LogP contribution in [0.15, 0.2) is 48.1 Å². The summed E-state index contributed by atoms with van der Waals surface area (Å²) >= 11 is 1.35. The molecule has 2 heterocycles. The third-order valence-corrected chi connectivity index (χ3v) is 5.48. The van der Waals surface area contributed by atoms with Gasteiger partial charge in [0.1, 0.15) is 12.4 Å². The lowest BCUT2D eigenvalue weighted by Gasteiger charge is -2.15. The average Bonchev–Trinajstić information content (AvgIpc) is 3.32. The number of thiophene rings is 1. The number of rotatable bonds is 7. The molecule has 0 fully saturated rings. The zero-order valence-corrected chi connectivity index (χ0v) is 16.8. The first-order chi connectivity index (χ1) is 13.3. The van der Waals surface area contributed by atoms with Crippen LogP contribution >= 0.6 is 11.3 Å². The molecule has 146 valence electrons. The van der Waals surface area contributed by atoms with Crippen molar-refractivity contribution in [3.05, 3.63) is 79.8 Å². The summed E-state index contributed by atoms with van der Waals surface area (Å²) in [5.74, 6) is 0.336. The van der Waals surface area contributed by atoms with E-state index in [4.69, 9.17) is 0 Å². The number of nitro groups is 1. The molecule has 3 aromatic rings. The molecular formula is C20H22N4O3S. The summed E-state index contributed by atoms with van der Waals surface area (Å²) in [4.78, 5) is 23.4. The van der Waals surface area contributed by atoms with Crippen molar-refractivity contribution in [3.63, 3.8) is 0 Å². The van der Waals surface area contributed by atoms with Crippen molar-refractivity contribution in [3.8, 4) is 0 Å². The second-order valence-corrected chi connectivity index (χ2v) is 7.90. The Morgan fingerprint density at radius 1 is 1.25 bits per heavy atom. The van der Waals surface area contributed by atoms with Crippen molar-refractivity contribution >= 4 is 22.9 Å². The third-order valence-electron chi connectivity index (χ3n) is 4.50. The van der Waals surface area contributed by atoms with Crippen LogP contribution in [-0.2, 0) is 6.54 Å². The first kappa shape index (κ1) is 19.8. The lowest BCUT2D eigenvalue weighted by Crippen LogP contribution is -2.25. The molecule has 0 bridgehead atoms. The van der Waals surface area contributed by atoms with Gasteiger partial charge in [0.25, 0.3) is 5.91 Å². The van der Waals surface area contributed by atoms with E-state index in [0.717, 1.165) is 11.1 Å². The van der Waals surface area contributed by atoms with E-state index in [9.17, 15) is 14.9 Å². The van der Waals surface area contributed by atoms with Gasteiger partial charge in [-0.25, -0.2) is 0 Å². The zero-order chi connectivity index (χ0) is 20.3. The predicted octanol–water partition coefficient (Wildman–Crippen LogP) is 4.52. The van der Waals surface area contributed by atoms with Gasteiger partial charge in [0.2, 0.25) is 0 Å². The summed E-state index contributed by atoms with van der Waals surface area (Å²) in [5.41, 5.74) is 3.15. The van der Waals surface area contributed by atoms with Crippen LogP contribution in [0.1, 0.15) is 59.1 Å². The molecule has 0 radical (unpaired) electrons. The maximum absolute atomic E-state index is 12.6. The number of nitrogens with zero attached hydrogens (tertiary/aromatic N) is 3. The van der Waals surface area contributed by atoms with Gasteiger partial charge in [-0.1, -0.05) is 38.1 Å². The fraction of sp³-hybridized carbons (Fsp3) is 0.300. The van der Waals surface area contributed by atoms with E-state index in [1.165, 1.54) is 34.0 Å². The average molecular weight is 398 g/mol. The molecule has 28 heavy (non-hydrogen) atoms. The minimum Gasteiger partial charge on any atom is -0.345 e. The molecule has 0 aliphatic heterocycles. The fourth-order valence-electron chi connectivity index (χ4n) is 2.82. The lowest BCUT2D eigenvalue weighted by atomic mass is 9.99. The van der Waals surface area contributed by atoms with Crippen molar-refractivity contribution in [2.45, 2.75) is 39.3 Å². The van der Waals surface area contributed by atoms with Crippen molar-refractivity contribution < 1.29 is 9.72 Å². The standard InChI is InChI=1S/C20H22N4O3S/c1-13(2)16-4-6-17(7-5-16)14(3)22-20(25)19-8-15(12-28-19)10-23-11-18(9-21-23)24(26)27/h4-9,11-14H,10H2,1-3H3,(H,22,25). The third kappa shape index (κ3) is 4.64. The Bertz CT molecular complexity index is 976. The van der Waals surface area contributed by atoms with Crippen molar-refractivity contribution in [1.29, 1.82) is 0 Å². The van der Waals surface area contributed by atoms with Gasteiger partial charge in [-0.15, -0.1) is 11.3 Å². The molecule has 1 unspecified atom stereocenters. The van der Waals surface area contributed by atoms with Crippen molar-refractivity contribution in [1.82, 2.24) is 15.1 Å². The Morgan fingerprint density at radius 2 is 1.93 bits per heavy atom. The normalized spacial score (nSPS) is 12.1. The highest BCUT2D eigenvalue weighted by Gasteiger charge is 2.15. The van der Waals surface area contributed by atoms with Crippen molar-refractivity contribution in [2.75, 3.05) is 0 Å². The number of hydrogen-bond donors (Lipinski definition) is 1. The molecular weight excluding hydrogens is 376 g/mol. The van der Waals surface area contributed by atoms with Gasteiger partial charge >= 0.3 is 5.69 Å². The van der Waals surface area contributed by atoms with Crippen LogP contribution in [0.5, 0.6) is 0 Å². The van der Waals surface area contributed by atoms with E-state index in [1.54, 1.807) is 6.07 Å². The lowest BCUT2D eigenvalue weighted by molar-refractivity contribution is -0.385. The van der Waals surface area contributed by atoms with Crippen LogP contribution in [-0.4, -0.2) is 20.6 Å². The molecule has 0 aliphatic carbocycles. The van der Waals surface area contributed by atoms with E-state index in [2.05, 4.69) is 36.4 Å². The molecule has 8 heteroatoms. The molecule has 1 atom stereocenters. The van der Waals surface area contributed by atoms with E-state index < -0.39 is 4.92 Å². The van der Waals surface area contributed by atoms with Crippen LogP contribution in [0.4, 0.5) is 5.69 Å². The Balaban J connectivity index is 1.62. The molecule has 1 aromatic carbocycles. The second-order valence-electron chi connectivity index (χ2n) is 6.99. The van der Waals surface area contributed by atoms with E-state index >= 15 is 0 Å².